The van der Waals surface area contributed by atoms with Crippen molar-refractivity contribution in [3.63, 3.8) is 0 Å². The summed E-state index contributed by atoms with van der Waals surface area (Å²) >= 11 is 0. The van der Waals surface area contributed by atoms with Crippen LogP contribution >= 0.6 is 0 Å². The minimum absolute atomic E-state index is 0.0772. The molecule has 0 saturated carbocycles. The highest BCUT2D eigenvalue weighted by Crippen LogP contribution is 2.37. The van der Waals surface area contributed by atoms with E-state index >= 15 is 0 Å². The first-order valence-electron chi connectivity index (χ1n) is 6.03. The molecule has 0 spiro atoms. The van der Waals surface area contributed by atoms with Gasteiger partial charge in [0.05, 0.1) is 14.2 Å². The van der Waals surface area contributed by atoms with Crippen LogP contribution in [0.15, 0.2) is 30.4 Å². The number of rotatable bonds is 6. The Morgan fingerprint density at radius 1 is 1.43 bits per heavy atom. The van der Waals surface area contributed by atoms with E-state index in [0.29, 0.717) is 5.56 Å². The number of hydrogen-bond donors (Lipinski definition) is 2. The highest BCUT2D eigenvalue weighted by atomic mass is 16.5. The third kappa shape index (κ3) is 4.01. The number of hydrogen-bond acceptors (Lipinski definition) is 5. The van der Waals surface area contributed by atoms with Gasteiger partial charge in [0.1, 0.15) is 11.6 Å². The normalized spacial score (nSPS) is 10.4. The van der Waals surface area contributed by atoms with Gasteiger partial charge in [-0.25, -0.2) is 0 Å². The zero-order valence-electron chi connectivity index (χ0n) is 11.8. The predicted molar refractivity (Wildman–Crippen MR) is 78.0 cm³/mol. The summed E-state index contributed by atoms with van der Waals surface area (Å²) in [6, 6.07) is 4.81. The molecule has 0 bridgehead atoms. The first kappa shape index (κ1) is 16.1. The molecule has 6 heteroatoms. The highest BCUT2D eigenvalue weighted by Gasteiger charge is 2.13. The number of amides is 1. The molecule has 0 unspecified atom stereocenters. The average molecular weight is 288 g/mol. The van der Waals surface area contributed by atoms with Crippen LogP contribution in [-0.4, -0.2) is 31.8 Å². The summed E-state index contributed by atoms with van der Waals surface area (Å²) < 4.78 is 10.0. The van der Waals surface area contributed by atoms with Crippen molar-refractivity contribution in [1.82, 2.24) is 5.32 Å². The molecule has 0 aliphatic rings. The minimum Gasteiger partial charge on any atom is -0.502 e. The number of carbonyl (C=O) groups is 1. The van der Waals surface area contributed by atoms with Gasteiger partial charge < -0.3 is 19.9 Å². The minimum atomic E-state index is -0.511. The molecule has 110 valence electrons. The Hall–Kier alpha value is -2.94. The van der Waals surface area contributed by atoms with Crippen molar-refractivity contribution in [2.24, 2.45) is 0 Å². The van der Waals surface area contributed by atoms with Gasteiger partial charge in [0.15, 0.2) is 11.5 Å². The molecule has 0 saturated heterocycles. The zero-order valence-corrected chi connectivity index (χ0v) is 11.8. The molecule has 0 atom stereocenters. The largest absolute Gasteiger partial charge is 0.502 e. The Balaban J connectivity index is 3.20. The summed E-state index contributed by atoms with van der Waals surface area (Å²) in [5, 5.41) is 21.4. The molecule has 0 radical (unpaired) electrons. The van der Waals surface area contributed by atoms with Crippen LogP contribution in [0.1, 0.15) is 5.56 Å². The van der Waals surface area contributed by atoms with Crippen molar-refractivity contribution < 1.29 is 19.4 Å². The zero-order chi connectivity index (χ0) is 15.8. The Kier molecular flexibility index (Phi) is 5.83. The second kappa shape index (κ2) is 7.60. The van der Waals surface area contributed by atoms with Crippen LogP contribution in [0.3, 0.4) is 0 Å². The Morgan fingerprint density at radius 2 is 2.00 bits per heavy atom. The molecular formula is C15H16N2O4. The van der Waals surface area contributed by atoms with E-state index in [1.807, 2.05) is 6.07 Å². The van der Waals surface area contributed by atoms with E-state index in [4.69, 9.17) is 14.7 Å². The quantitative estimate of drug-likeness (QED) is 0.471. The molecule has 1 rings (SSSR count). The van der Waals surface area contributed by atoms with Gasteiger partial charge in [-0.1, -0.05) is 6.08 Å². The van der Waals surface area contributed by atoms with Crippen molar-refractivity contribution in [2.45, 2.75) is 0 Å². The molecule has 0 aliphatic heterocycles. The summed E-state index contributed by atoms with van der Waals surface area (Å²) in [5.41, 5.74) is 0.415. The van der Waals surface area contributed by atoms with Crippen LogP contribution in [0.4, 0.5) is 0 Å². The lowest BCUT2D eigenvalue weighted by Crippen LogP contribution is -2.24. The first-order chi connectivity index (χ1) is 10.1. The van der Waals surface area contributed by atoms with Gasteiger partial charge in [-0.2, -0.15) is 5.26 Å². The SMILES string of the molecule is C=CCNC(=O)/C(C#N)=C/c1cc(OC)c(O)c(OC)c1. The van der Waals surface area contributed by atoms with Crippen molar-refractivity contribution in [2.75, 3.05) is 20.8 Å². The fourth-order valence-electron chi connectivity index (χ4n) is 1.57. The number of carbonyl (C=O) groups excluding carboxylic acids is 1. The number of aromatic hydroxyl groups is 1. The van der Waals surface area contributed by atoms with Crippen molar-refractivity contribution in [1.29, 1.82) is 5.26 Å². The standard InChI is InChI=1S/C15H16N2O4/c1-4-5-17-15(19)11(9-16)6-10-7-12(20-2)14(18)13(8-10)21-3/h4,6-8,18H,1,5H2,2-3H3,(H,17,19)/b11-6+. The topological polar surface area (TPSA) is 91.6 Å². The fourth-order valence-corrected chi connectivity index (χ4v) is 1.57. The van der Waals surface area contributed by atoms with Gasteiger partial charge in [-0.05, 0) is 23.8 Å². The Bertz CT molecular complexity index is 590. The van der Waals surface area contributed by atoms with Gasteiger partial charge in [0.2, 0.25) is 5.75 Å². The number of nitriles is 1. The van der Waals surface area contributed by atoms with E-state index in [9.17, 15) is 9.90 Å². The van der Waals surface area contributed by atoms with E-state index in [0.717, 1.165) is 0 Å². The molecular weight excluding hydrogens is 272 g/mol. The number of benzene rings is 1. The smallest absolute Gasteiger partial charge is 0.262 e. The highest BCUT2D eigenvalue weighted by molar-refractivity contribution is 6.01. The van der Waals surface area contributed by atoms with Crippen LogP contribution in [0.5, 0.6) is 17.2 Å². The van der Waals surface area contributed by atoms with Gasteiger partial charge in [0, 0.05) is 6.54 Å². The Morgan fingerprint density at radius 3 is 2.43 bits per heavy atom. The number of methoxy groups -OCH3 is 2. The molecule has 21 heavy (non-hydrogen) atoms. The summed E-state index contributed by atoms with van der Waals surface area (Å²) in [5.74, 6) is -0.288. The molecule has 2 N–H and O–H groups in total. The van der Waals surface area contributed by atoms with Crippen LogP contribution < -0.4 is 14.8 Å². The second-order valence-electron chi connectivity index (χ2n) is 3.94. The summed E-state index contributed by atoms with van der Waals surface area (Å²) in [4.78, 5) is 11.8. The van der Waals surface area contributed by atoms with Crippen LogP contribution in [0.25, 0.3) is 6.08 Å². The van der Waals surface area contributed by atoms with Gasteiger partial charge in [0.25, 0.3) is 5.91 Å². The number of nitrogens with zero attached hydrogens (tertiary/aromatic N) is 1. The lowest BCUT2D eigenvalue weighted by atomic mass is 10.1. The summed E-state index contributed by atoms with van der Waals surface area (Å²) in [6.07, 6.45) is 2.89. The first-order valence-corrected chi connectivity index (χ1v) is 6.03. The molecule has 1 aromatic carbocycles. The number of phenolic OH excluding ortho intramolecular Hbond substituents is 1. The van der Waals surface area contributed by atoms with E-state index in [1.54, 1.807) is 0 Å². The predicted octanol–water partition coefficient (Wildman–Crippen LogP) is 1.62. The molecule has 1 amide bonds. The van der Waals surface area contributed by atoms with E-state index in [2.05, 4.69) is 11.9 Å². The third-order valence-electron chi connectivity index (χ3n) is 2.59. The number of ether oxygens (including phenoxy) is 2. The van der Waals surface area contributed by atoms with Crippen LogP contribution in [0.2, 0.25) is 0 Å². The average Bonchev–Trinajstić information content (AvgIpc) is 2.51. The summed E-state index contributed by atoms with van der Waals surface area (Å²) in [6.45, 7) is 3.74. The van der Waals surface area contributed by atoms with E-state index < -0.39 is 5.91 Å². The molecule has 0 aliphatic carbocycles. The Labute approximate surface area is 122 Å². The van der Waals surface area contributed by atoms with E-state index in [1.165, 1.54) is 38.5 Å². The van der Waals surface area contributed by atoms with Crippen molar-refractivity contribution >= 4 is 12.0 Å². The number of phenols is 1. The molecule has 0 heterocycles. The van der Waals surface area contributed by atoms with Crippen LogP contribution in [0, 0.1) is 11.3 Å². The maximum atomic E-state index is 11.8. The van der Waals surface area contributed by atoms with E-state index in [-0.39, 0.29) is 29.4 Å². The van der Waals surface area contributed by atoms with Crippen molar-refractivity contribution in [3.05, 3.63) is 35.9 Å². The van der Waals surface area contributed by atoms with Gasteiger partial charge >= 0.3 is 0 Å². The van der Waals surface area contributed by atoms with Gasteiger partial charge in [-0.3, -0.25) is 4.79 Å². The van der Waals surface area contributed by atoms with Gasteiger partial charge in [-0.15, -0.1) is 6.58 Å². The molecule has 6 nitrogen and oxygen atoms in total. The maximum Gasteiger partial charge on any atom is 0.262 e. The maximum absolute atomic E-state index is 11.8. The molecule has 0 aromatic heterocycles. The molecule has 0 fully saturated rings. The number of nitrogens with one attached hydrogen (secondary N) is 1. The summed E-state index contributed by atoms with van der Waals surface area (Å²) in [7, 11) is 2.79. The lowest BCUT2D eigenvalue weighted by Gasteiger charge is -2.09. The lowest BCUT2D eigenvalue weighted by molar-refractivity contribution is -0.116. The third-order valence-corrected chi connectivity index (χ3v) is 2.59. The second-order valence-corrected chi connectivity index (χ2v) is 3.94. The monoisotopic (exact) mass is 288 g/mol. The van der Waals surface area contributed by atoms with Crippen molar-refractivity contribution in [3.8, 4) is 23.3 Å². The van der Waals surface area contributed by atoms with Crippen LogP contribution in [-0.2, 0) is 4.79 Å². The fraction of sp³-hybridized carbons (Fsp3) is 0.200. The molecule has 1 aromatic rings.